The molecule has 0 bridgehead atoms. The number of amides is 1. The van der Waals surface area contributed by atoms with Crippen LogP contribution >= 0.6 is 11.6 Å². The van der Waals surface area contributed by atoms with Crippen molar-refractivity contribution in [2.24, 2.45) is 0 Å². The Morgan fingerprint density at radius 1 is 1.33 bits per heavy atom. The Morgan fingerprint density at radius 3 is 2.83 bits per heavy atom. The average molecular weight is 266 g/mol. The number of hydrogen-bond acceptors (Lipinski definition) is 3. The third-order valence-electron chi connectivity index (χ3n) is 2.98. The monoisotopic (exact) mass is 265 g/mol. The van der Waals surface area contributed by atoms with Gasteiger partial charge in [-0.1, -0.05) is 17.7 Å². The average Bonchev–Trinajstić information content (AvgIpc) is 2.77. The summed E-state index contributed by atoms with van der Waals surface area (Å²) in [7, 11) is 0. The molecular formula is C12H12ClN3O2. The van der Waals surface area contributed by atoms with Gasteiger partial charge in [0.2, 0.25) is 0 Å². The van der Waals surface area contributed by atoms with Gasteiger partial charge >= 0.3 is 0 Å². The van der Waals surface area contributed by atoms with Crippen LogP contribution in [0.15, 0.2) is 24.4 Å². The van der Waals surface area contributed by atoms with E-state index in [4.69, 9.17) is 16.3 Å². The molecule has 0 radical (unpaired) electrons. The van der Waals surface area contributed by atoms with Gasteiger partial charge < -0.3 is 9.64 Å². The number of hydrogen-bond donors (Lipinski definition) is 0. The van der Waals surface area contributed by atoms with Gasteiger partial charge in [-0.15, -0.1) is 0 Å². The van der Waals surface area contributed by atoms with Gasteiger partial charge in [0.1, 0.15) is 0 Å². The largest absolute Gasteiger partial charge is 0.378 e. The first-order chi connectivity index (χ1) is 8.77. The lowest BCUT2D eigenvalue weighted by Gasteiger charge is -2.26. The minimum atomic E-state index is -0.132. The molecule has 3 rings (SSSR count). The summed E-state index contributed by atoms with van der Waals surface area (Å²) in [4.78, 5) is 14.0. The third kappa shape index (κ3) is 1.85. The summed E-state index contributed by atoms with van der Waals surface area (Å²) in [6.07, 6.45) is 1.78. The van der Waals surface area contributed by atoms with Crippen LogP contribution in [0, 0.1) is 0 Å². The predicted molar refractivity (Wildman–Crippen MR) is 66.9 cm³/mol. The number of fused-ring (bicyclic) bond motifs is 1. The van der Waals surface area contributed by atoms with Crippen LogP contribution in [0.25, 0.3) is 5.52 Å². The molecule has 0 unspecified atom stereocenters. The number of carbonyl (C=O) groups is 1. The van der Waals surface area contributed by atoms with Crippen LogP contribution in [0.2, 0.25) is 5.02 Å². The summed E-state index contributed by atoms with van der Waals surface area (Å²) >= 11 is 6.21. The molecule has 5 nitrogen and oxygen atoms in total. The highest BCUT2D eigenvalue weighted by atomic mass is 35.5. The summed E-state index contributed by atoms with van der Waals surface area (Å²) in [5.74, 6) is -0.132. The van der Waals surface area contributed by atoms with Crippen molar-refractivity contribution in [3.05, 3.63) is 35.1 Å². The maximum Gasteiger partial charge on any atom is 0.276 e. The number of rotatable bonds is 1. The first-order valence-corrected chi connectivity index (χ1v) is 6.15. The van der Waals surface area contributed by atoms with Crippen molar-refractivity contribution in [2.75, 3.05) is 26.3 Å². The minimum absolute atomic E-state index is 0.132. The van der Waals surface area contributed by atoms with Gasteiger partial charge in [-0.2, -0.15) is 5.10 Å². The highest BCUT2D eigenvalue weighted by Crippen LogP contribution is 2.23. The van der Waals surface area contributed by atoms with Crippen LogP contribution in [0.5, 0.6) is 0 Å². The lowest BCUT2D eigenvalue weighted by molar-refractivity contribution is 0.0299. The Morgan fingerprint density at radius 2 is 2.11 bits per heavy atom. The van der Waals surface area contributed by atoms with Crippen LogP contribution < -0.4 is 0 Å². The number of carbonyl (C=O) groups excluding carboxylic acids is 1. The van der Waals surface area contributed by atoms with E-state index < -0.39 is 0 Å². The summed E-state index contributed by atoms with van der Waals surface area (Å²) < 4.78 is 6.84. The molecule has 0 spiro atoms. The van der Waals surface area contributed by atoms with Gasteiger partial charge in [-0.05, 0) is 12.1 Å². The standard InChI is InChI=1S/C12H12ClN3O2/c13-10-9-3-1-2-4-16(9)14-11(10)12(17)15-5-7-18-8-6-15/h1-4H,5-8H2. The molecule has 94 valence electrons. The quantitative estimate of drug-likeness (QED) is 0.784. The van der Waals surface area contributed by atoms with E-state index in [1.807, 2.05) is 18.2 Å². The summed E-state index contributed by atoms with van der Waals surface area (Å²) in [5, 5.41) is 4.65. The van der Waals surface area contributed by atoms with Crippen LogP contribution in [0.1, 0.15) is 10.5 Å². The van der Waals surface area contributed by atoms with Crippen LogP contribution in [0.4, 0.5) is 0 Å². The number of aromatic nitrogens is 2. The van der Waals surface area contributed by atoms with Crippen LogP contribution in [-0.2, 0) is 4.74 Å². The molecule has 1 aliphatic heterocycles. The van der Waals surface area contributed by atoms with Crippen molar-refractivity contribution in [3.63, 3.8) is 0 Å². The molecule has 3 heterocycles. The fraction of sp³-hybridized carbons (Fsp3) is 0.333. The van der Waals surface area contributed by atoms with E-state index in [0.29, 0.717) is 37.0 Å². The third-order valence-corrected chi connectivity index (χ3v) is 3.35. The van der Waals surface area contributed by atoms with Crippen molar-refractivity contribution in [3.8, 4) is 0 Å². The van der Waals surface area contributed by atoms with E-state index in [0.717, 1.165) is 5.52 Å². The van der Waals surface area contributed by atoms with Crippen molar-refractivity contribution >= 4 is 23.0 Å². The van der Waals surface area contributed by atoms with Crippen molar-refractivity contribution in [1.82, 2.24) is 14.5 Å². The maximum atomic E-state index is 12.3. The van der Waals surface area contributed by atoms with Gasteiger partial charge in [0.05, 0.1) is 23.8 Å². The molecule has 6 heteroatoms. The molecule has 0 aromatic carbocycles. The molecule has 0 aliphatic carbocycles. The first-order valence-electron chi connectivity index (χ1n) is 5.77. The molecule has 0 N–H and O–H groups in total. The van der Waals surface area contributed by atoms with Crippen molar-refractivity contribution in [2.45, 2.75) is 0 Å². The molecule has 1 amide bonds. The van der Waals surface area contributed by atoms with Crippen LogP contribution in [0.3, 0.4) is 0 Å². The van der Waals surface area contributed by atoms with Gasteiger partial charge in [0, 0.05) is 19.3 Å². The highest BCUT2D eigenvalue weighted by Gasteiger charge is 2.24. The highest BCUT2D eigenvalue weighted by molar-refractivity contribution is 6.36. The zero-order valence-electron chi connectivity index (χ0n) is 9.67. The molecule has 0 saturated carbocycles. The Bertz CT molecular complexity index is 590. The molecule has 1 fully saturated rings. The van der Waals surface area contributed by atoms with E-state index in [2.05, 4.69) is 5.10 Å². The van der Waals surface area contributed by atoms with Gasteiger partial charge in [0.25, 0.3) is 5.91 Å². The van der Waals surface area contributed by atoms with E-state index in [1.54, 1.807) is 15.6 Å². The molecule has 18 heavy (non-hydrogen) atoms. The number of morpholine rings is 1. The van der Waals surface area contributed by atoms with Crippen LogP contribution in [-0.4, -0.2) is 46.7 Å². The maximum absolute atomic E-state index is 12.3. The Labute approximate surface area is 109 Å². The lowest BCUT2D eigenvalue weighted by atomic mass is 10.3. The topological polar surface area (TPSA) is 46.8 Å². The lowest BCUT2D eigenvalue weighted by Crippen LogP contribution is -2.41. The molecular weight excluding hydrogens is 254 g/mol. The molecule has 0 atom stereocenters. The summed E-state index contributed by atoms with van der Waals surface area (Å²) in [6, 6.07) is 5.55. The number of nitrogens with zero attached hydrogens (tertiary/aromatic N) is 3. The molecule has 1 aliphatic rings. The minimum Gasteiger partial charge on any atom is -0.378 e. The Kier molecular flexibility index (Phi) is 2.93. The Hall–Kier alpha value is -1.59. The SMILES string of the molecule is O=C(c1nn2ccccc2c1Cl)N1CCOCC1. The zero-order valence-corrected chi connectivity index (χ0v) is 10.4. The predicted octanol–water partition coefficient (Wildman–Crippen LogP) is 1.46. The second-order valence-electron chi connectivity index (χ2n) is 4.10. The smallest absolute Gasteiger partial charge is 0.276 e. The first kappa shape index (κ1) is 11.5. The molecule has 1 saturated heterocycles. The van der Waals surface area contributed by atoms with E-state index >= 15 is 0 Å². The van der Waals surface area contributed by atoms with Gasteiger partial charge in [-0.25, -0.2) is 4.52 Å². The number of halogens is 1. The van der Waals surface area contributed by atoms with E-state index in [9.17, 15) is 4.79 Å². The molecule has 2 aromatic rings. The number of ether oxygens (including phenoxy) is 1. The Balaban J connectivity index is 1.98. The second-order valence-corrected chi connectivity index (χ2v) is 4.48. The van der Waals surface area contributed by atoms with E-state index in [1.165, 1.54) is 0 Å². The van der Waals surface area contributed by atoms with Gasteiger partial charge in [-0.3, -0.25) is 4.79 Å². The number of pyridine rings is 1. The summed E-state index contributed by atoms with van der Waals surface area (Å²) in [5.41, 5.74) is 1.06. The van der Waals surface area contributed by atoms with E-state index in [-0.39, 0.29) is 5.91 Å². The fourth-order valence-corrected chi connectivity index (χ4v) is 2.29. The fourth-order valence-electron chi connectivity index (χ4n) is 2.02. The normalized spacial score (nSPS) is 16.2. The summed E-state index contributed by atoms with van der Waals surface area (Å²) in [6.45, 7) is 2.31. The zero-order chi connectivity index (χ0) is 12.5. The second kappa shape index (κ2) is 4.59. The van der Waals surface area contributed by atoms with Gasteiger partial charge in [0.15, 0.2) is 5.69 Å². The van der Waals surface area contributed by atoms with Crippen molar-refractivity contribution in [1.29, 1.82) is 0 Å². The van der Waals surface area contributed by atoms with Crippen molar-refractivity contribution < 1.29 is 9.53 Å². The molecule has 2 aromatic heterocycles.